The zero-order chi connectivity index (χ0) is 13.2. The summed E-state index contributed by atoms with van der Waals surface area (Å²) in [6.45, 7) is 10.3. The van der Waals surface area contributed by atoms with Crippen molar-refractivity contribution in [3.05, 3.63) is 34.4 Å². The standard InChI is InChI=1S/C15H22O2/c1-10-8-12(15(3,4)5)9-11(2)14(10)13(17)6-7-16/h8-9,16H,6-7H2,1-5H3. The number of aryl methyl sites for hydroxylation is 2. The molecule has 0 atom stereocenters. The Morgan fingerprint density at radius 2 is 1.65 bits per heavy atom. The lowest BCUT2D eigenvalue weighted by atomic mass is 9.83. The third kappa shape index (κ3) is 3.16. The first-order valence-corrected chi connectivity index (χ1v) is 6.03. The van der Waals surface area contributed by atoms with Crippen molar-refractivity contribution in [2.75, 3.05) is 6.61 Å². The highest BCUT2D eigenvalue weighted by Gasteiger charge is 2.18. The molecule has 0 saturated carbocycles. The lowest BCUT2D eigenvalue weighted by Crippen LogP contribution is -2.14. The van der Waals surface area contributed by atoms with Crippen LogP contribution in [0.25, 0.3) is 0 Å². The first kappa shape index (κ1) is 13.9. The van der Waals surface area contributed by atoms with E-state index >= 15 is 0 Å². The van der Waals surface area contributed by atoms with Gasteiger partial charge in [-0.3, -0.25) is 4.79 Å². The normalized spacial score (nSPS) is 11.6. The number of benzene rings is 1. The number of hydrogen-bond acceptors (Lipinski definition) is 2. The molecule has 0 amide bonds. The van der Waals surface area contributed by atoms with Crippen molar-refractivity contribution in [2.24, 2.45) is 0 Å². The molecule has 0 spiro atoms. The van der Waals surface area contributed by atoms with Gasteiger partial charge in [-0.2, -0.15) is 0 Å². The van der Waals surface area contributed by atoms with Crippen molar-refractivity contribution in [1.29, 1.82) is 0 Å². The van der Waals surface area contributed by atoms with Crippen LogP contribution in [0.3, 0.4) is 0 Å². The van der Waals surface area contributed by atoms with Crippen molar-refractivity contribution in [1.82, 2.24) is 0 Å². The summed E-state index contributed by atoms with van der Waals surface area (Å²) < 4.78 is 0. The molecule has 1 rings (SSSR count). The monoisotopic (exact) mass is 234 g/mol. The van der Waals surface area contributed by atoms with Gasteiger partial charge in [0.15, 0.2) is 5.78 Å². The second kappa shape index (κ2) is 5.01. The van der Waals surface area contributed by atoms with Gasteiger partial charge in [0.1, 0.15) is 0 Å². The van der Waals surface area contributed by atoms with E-state index in [0.717, 1.165) is 16.7 Å². The minimum atomic E-state index is -0.0846. The highest BCUT2D eigenvalue weighted by atomic mass is 16.3. The third-order valence-electron chi connectivity index (χ3n) is 3.02. The second-order valence-corrected chi connectivity index (χ2v) is 5.63. The summed E-state index contributed by atoms with van der Waals surface area (Å²) in [6.07, 6.45) is 0.205. The Labute approximate surface area is 104 Å². The van der Waals surface area contributed by atoms with Gasteiger partial charge in [-0.1, -0.05) is 32.9 Å². The molecule has 0 aromatic heterocycles. The van der Waals surface area contributed by atoms with Crippen LogP contribution in [-0.4, -0.2) is 17.5 Å². The molecule has 1 aromatic rings. The van der Waals surface area contributed by atoms with Crippen LogP contribution >= 0.6 is 0 Å². The smallest absolute Gasteiger partial charge is 0.165 e. The number of aliphatic hydroxyl groups is 1. The molecule has 17 heavy (non-hydrogen) atoms. The number of carbonyl (C=O) groups is 1. The number of rotatable bonds is 3. The lowest BCUT2D eigenvalue weighted by molar-refractivity contribution is 0.0955. The Kier molecular flexibility index (Phi) is 4.10. The molecular weight excluding hydrogens is 212 g/mol. The molecule has 0 aliphatic heterocycles. The van der Waals surface area contributed by atoms with Gasteiger partial charge in [-0.25, -0.2) is 0 Å². The molecule has 2 nitrogen and oxygen atoms in total. The molecule has 1 N–H and O–H groups in total. The summed E-state index contributed by atoms with van der Waals surface area (Å²) in [5.74, 6) is 0.0305. The number of ketones is 1. The number of Topliss-reactive ketones (excluding diaryl/α,β-unsaturated/α-hetero) is 1. The Balaban J connectivity index is 3.25. The summed E-state index contributed by atoms with van der Waals surface area (Å²) in [5.41, 5.74) is 4.12. The Morgan fingerprint density at radius 1 is 1.18 bits per heavy atom. The predicted octanol–water partition coefficient (Wildman–Crippen LogP) is 3.17. The van der Waals surface area contributed by atoms with Crippen molar-refractivity contribution < 1.29 is 9.90 Å². The molecule has 0 aliphatic rings. The van der Waals surface area contributed by atoms with E-state index < -0.39 is 0 Å². The van der Waals surface area contributed by atoms with Crippen LogP contribution in [0.5, 0.6) is 0 Å². The fourth-order valence-electron chi connectivity index (χ4n) is 2.06. The van der Waals surface area contributed by atoms with E-state index in [0.29, 0.717) is 0 Å². The lowest BCUT2D eigenvalue weighted by Gasteiger charge is -2.22. The second-order valence-electron chi connectivity index (χ2n) is 5.63. The molecule has 2 heteroatoms. The maximum atomic E-state index is 11.9. The van der Waals surface area contributed by atoms with Crippen LogP contribution in [0, 0.1) is 13.8 Å². The minimum Gasteiger partial charge on any atom is -0.396 e. The highest BCUT2D eigenvalue weighted by Crippen LogP contribution is 2.27. The summed E-state index contributed by atoms with van der Waals surface area (Å²) >= 11 is 0. The SMILES string of the molecule is Cc1cc(C(C)(C)C)cc(C)c1C(=O)CCO. The predicted molar refractivity (Wildman–Crippen MR) is 70.6 cm³/mol. The quantitative estimate of drug-likeness (QED) is 0.816. The number of hydrogen-bond donors (Lipinski definition) is 1. The largest absolute Gasteiger partial charge is 0.396 e. The molecule has 0 bridgehead atoms. The van der Waals surface area contributed by atoms with Gasteiger partial charge >= 0.3 is 0 Å². The molecular formula is C15H22O2. The number of aliphatic hydroxyl groups excluding tert-OH is 1. The van der Waals surface area contributed by atoms with Gasteiger partial charge in [0, 0.05) is 12.0 Å². The van der Waals surface area contributed by atoms with E-state index in [-0.39, 0.29) is 24.2 Å². The fraction of sp³-hybridized carbons (Fsp3) is 0.533. The molecule has 0 fully saturated rings. The topological polar surface area (TPSA) is 37.3 Å². The average Bonchev–Trinajstić information content (AvgIpc) is 2.15. The van der Waals surface area contributed by atoms with Gasteiger partial charge in [0.05, 0.1) is 6.61 Å². The molecule has 0 heterocycles. The maximum Gasteiger partial charge on any atom is 0.165 e. The van der Waals surface area contributed by atoms with E-state index in [1.165, 1.54) is 5.56 Å². The average molecular weight is 234 g/mol. The molecule has 0 saturated heterocycles. The van der Waals surface area contributed by atoms with Crippen LogP contribution in [0.2, 0.25) is 0 Å². The van der Waals surface area contributed by atoms with E-state index in [4.69, 9.17) is 5.11 Å². The third-order valence-corrected chi connectivity index (χ3v) is 3.02. The summed E-state index contributed by atoms with van der Waals surface area (Å²) in [4.78, 5) is 11.9. The first-order valence-electron chi connectivity index (χ1n) is 6.03. The van der Waals surface area contributed by atoms with Gasteiger partial charge < -0.3 is 5.11 Å². The summed E-state index contributed by atoms with van der Waals surface area (Å²) in [6, 6.07) is 4.16. The Hall–Kier alpha value is -1.15. The maximum absolute atomic E-state index is 11.9. The van der Waals surface area contributed by atoms with E-state index in [2.05, 4.69) is 32.9 Å². The molecule has 94 valence electrons. The van der Waals surface area contributed by atoms with Gasteiger partial charge in [0.25, 0.3) is 0 Å². The molecule has 0 aliphatic carbocycles. The van der Waals surface area contributed by atoms with Crippen molar-refractivity contribution in [3.63, 3.8) is 0 Å². The minimum absolute atomic E-state index is 0.0305. The summed E-state index contributed by atoms with van der Waals surface area (Å²) in [5, 5.41) is 8.84. The zero-order valence-corrected chi connectivity index (χ0v) is 11.4. The van der Waals surface area contributed by atoms with Crippen molar-refractivity contribution in [2.45, 2.75) is 46.5 Å². The van der Waals surface area contributed by atoms with Crippen LogP contribution in [-0.2, 0) is 5.41 Å². The van der Waals surface area contributed by atoms with Gasteiger partial charge in [0.2, 0.25) is 0 Å². The molecule has 0 unspecified atom stereocenters. The molecule has 1 aromatic carbocycles. The fourth-order valence-corrected chi connectivity index (χ4v) is 2.06. The van der Waals surface area contributed by atoms with Crippen LogP contribution in [0.4, 0.5) is 0 Å². The summed E-state index contributed by atoms with van der Waals surface area (Å²) in [7, 11) is 0. The van der Waals surface area contributed by atoms with E-state index in [1.54, 1.807) is 0 Å². The van der Waals surface area contributed by atoms with Crippen LogP contribution in [0.1, 0.15) is 54.2 Å². The van der Waals surface area contributed by atoms with Gasteiger partial charge in [-0.15, -0.1) is 0 Å². The highest BCUT2D eigenvalue weighted by molar-refractivity contribution is 5.99. The zero-order valence-electron chi connectivity index (χ0n) is 11.4. The Bertz CT molecular complexity index is 402. The Morgan fingerprint density at radius 3 is 2.00 bits per heavy atom. The van der Waals surface area contributed by atoms with E-state index in [1.807, 2.05) is 13.8 Å². The van der Waals surface area contributed by atoms with Crippen molar-refractivity contribution in [3.8, 4) is 0 Å². The van der Waals surface area contributed by atoms with Gasteiger partial charge in [-0.05, 0) is 36.0 Å². The molecule has 0 radical (unpaired) electrons. The van der Waals surface area contributed by atoms with Crippen LogP contribution in [0.15, 0.2) is 12.1 Å². The first-order chi connectivity index (χ1) is 7.77. The van der Waals surface area contributed by atoms with Crippen LogP contribution < -0.4 is 0 Å². The van der Waals surface area contributed by atoms with Crippen molar-refractivity contribution >= 4 is 5.78 Å². The van der Waals surface area contributed by atoms with E-state index in [9.17, 15) is 4.79 Å². The number of carbonyl (C=O) groups excluding carboxylic acids is 1.